The lowest BCUT2D eigenvalue weighted by Crippen LogP contribution is -2.38. The smallest absolute Gasteiger partial charge is 0.293 e. The van der Waals surface area contributed by atoms with E-state index in [4.69, 9.17) is 21.3 Å². The summed E-state index contributed by atoms with van der Waals surface area (Å²) in [7, 11) is -4.11. The highest BCUT2D eigenvalue weighted by molar-refractivity contribution is 7.92. The molecule has 6 aromatic rings. The number of aromatic nitrogens is 6. The largest absolute Gasteiger partial charge is 0.381 e. The van der Waals surface area contributed by atoms with Gasteiger partial charge in [0.1, 0.15) is 41.9 Å². The molecule has 0 radical (unpaired) electrons. The van der Waals surface area contributed by atoms with E-state index >= 15 is 13.6 Å². The minimum absolute atomic E-state index is 0.0185. The molecule has 3 atom stereocenters. The van der Waals surface area contributed by atoms with Crippen molar-refractivity contribution in [2.24, 2.45) is 5.92 Å². The van der Waals surface area contributed by atoms with Gasteiger partial charge in [0.15, 0.2) is 5.82 Å². The van der Waals surface area contributed by atoms with Gasteiger partial charge >= 0.3 is 0 Å². The molecule has 4 heterocycles. The predicted octanol–water partition coefficient (Wildman–Crippen LogP) is 7.64. The number of ether oxygens (including phenoxy) is 1. The predicted molar refractivity (Wildman–Crippen MR) is 216 cm³/mol. The summed E-state index contributed by atoms with van der Waals surface area (Å²) < 4.78 is 152. The molecule has 13 nitrogen and oxygen atoms in total. The molecule has 2 N–H and O–H groups in total. The number of hydrogen-bond acceptors (Lipinski definition) is 8. The lowest BCUT2D eigenvalue weighted by atomic mass is 9.91. The molecule has 2 fully saturated rings. The molecule has 9 rings (SSSR count). The highest BCUT2D eigenvalue weighted by Crippen LogP contribution is 2.68. The molecule has 1 aliphatic heterocycles. The van der Waals surface area contributed by atoms with Crippen LogP contribution in [0.25, 0.3) is 27.5 Å². The number of fused-ring (bicyclic) bond motifs is 5. The number of hydrogen-bond donors (Lipinski definition) is 2. The molecule has 1 saturated heterocycles. The number of benzene rings is 3. The Morgan fingerprint density at radius 3 is 2.39 bits per heavy atom. The third kappa shape index (κ3) is 7.96. The number of anilines is 1. The van der Waals surface area contributed by atoms with Gasteiger partial charge in [0.05, 0.1) is 44.8 Å². The summed E-state index contributed by atoms with van der Waals surface area (Å²) in [4.78, 5) is 34.1. The summed E-state index contributed by atoms with van der Waals surface area (Å²) in [6.07, 6.45) is -4.87. The highest BCUT2D eigenvalue weighted by atomic mass is 35.5. The third-order valence-corrected chi connectivity index (χ3v) is 12.6. The fraction of sp³-hybridized carbons (Fsp3) is 0.390. The molecule has 2 aliphatic carbocycles. The minimum Gasteiger partial charge on any atom is -0.381 e. The topological polar surface area (TPSA) is 155 Å². The van der Waals surface area contributed by atoms with Gasteiger partial charge < -0.3 is 10.1 Å². The Morgan fingerprint density at radius 1 is 1.00 bits per heavy atom. The van der Waals surface area contributed by atoms with E-state index in [-0.39, 0.29) is 61.8 Å². The summed E-state index contributed by atoms with van der Waals surface area (Å²) in [5.41, 5.74) is -2.73. The Kier molecular flexibility index (Phi) is 11.0. The molecule has 23 heteroatoms. The second-order valence-electron chi connectivity index (χ2n) is 16.1. The molecule has 3 aliphatic rings. The average molecular weight is 939 g/mol. The first-order chi connectivity index (χ1) is 30.3. The van der Waals surface area contributed by atoms with Gasteiger partial charge in [0, 0.05) is 37.2 Å². The van der Waals surface area contributed by atoms with E-state index in [1.54, 1.807) is 12.1 Å². The number of nitrogens with zero attached hydrogens (tertiary/aromatic N) is 6. The van der Waals surface area contributed by atoms with Crippen LogP contribution in [-0.2, 0) is 45.0 Å². The van der Waals surface area contributed by atoms with E-state index in [9.17, 15) is 39.6 Å². The molecule has 3 aromatic carbocycles. The van der Waals surface area contributed by atoms with Gasteiger partial charge in [-0.25, -0.2) is 39.7 Å². The lowest BCUT2D eigenvalue weighted by Gasteiger charge is -2.25. The first kappa shape index (κ1) is 43.6. The van der Waals surface area contributed by atoms with Crippen LogP contribution in [0.4, 0.5) is 40.9 Å². The molecule has 3 aromatic heterocycles. The molecule has 1 saturated carbocycles. The van der Waals surface area contributed by atoms with Gasteiger partial charge in [-0.3, -0.25) is 28.2 Å². The number of rotatable bonds is 13. The SMILES string of the molecule is CS(=O)(=O)Nc1nn(CC(F)F)c2c(-n3c([C@H](Cc4cc(F)cc(F)c4)NC(=O)Cn4nc(C(F)F)c5c4C(F)(F)[C@@H]4C[C@H]54)nc4cc(C5CCOCC5)ccc4c3=O)ccc(Cl)c12. The third-order valence-electron chi connectivity index (χ3n) is 11.7. The molecule has 338 valence electrons. The number of alkyl halides is 6. The highest BCUT2D eigenvalue weighted by Gasteiger charge is 2.67. The van der Waals surface area contributed by atoms with E-state index in [2.05, 4.69) is 20.2 Å². The summed E-state index contributed by atoms with van der Waals surface area (Å²) in [5.74, 6) is -9.75. The second kappa shape index (κ2) is 16.1. The Balaban J connectivity index is 1.26. The summed E-state index contributed by atoms with van der Waals surface area (Å²) in [6.45, 7) is -1.26. The average Bonchev–Trinajstić information content (AvgIpc) is 3.74. The van der Waals surface area contributed by atoms with Crippen LogP contribution in [0.3, 0.4) is 0 Å². The number of carbonyl (C=O) groups excluding carboxylic acids is 1. The van der Waals surface area contributed by atoms with Crippen LogP contribution >= 0.6 is 11.6 Å². The van der Waals surface area contributed by atoms with E-state index < -0.39 is 106 Å². The van der Waals surface area contributed by atoms with Crippen LogP contribution in [0.15, 0.2) is 53.3 Å². The van der Waals surface area contributed by atoms with Crippen LogP contribution in [0.2, 0.25) is 5.02 Å². The van der Waals surface area contributed by atoms with Crippen LogP contribution < -0.4 is 15.6 Å². The van der Waals surface area contributed by atoms with Crippen LogP contribution in [0.1, 0.15) is 77.5 Å². The maximum atomic E-state index is 15.5. The van der Waals surface area contributed by atoms with Crippen LogP contribution in [0, 0.1) is 17.6 Å². The number of sulfonamides is 1. The standard InChI is InChI=1S/C41H35ClF8N8O5S/c1-64(61,62)55-38-33-26(42)4-5-29(35(33)56(54-38)16-30(45)46)58-39(52-27-13-20(2-3-23(27)40(58)60)19-6-8-63-9-7-19)28(12-18-10-21(43)14-22(44)11-18)51-31(59)17-57-36-32(34(53-57)37(47)48)24-15-25(24)41(36,49)50/h2-5,10-11,13-14,19,24-25,28,30,37H,6-9,12,15-17H2,1H3,(H,51,59)(H,54,55)/t24-,25+,28-/m0/s1. The fourth-order valence-electron chi connectivity index (χ4n) is 9.05. The van der Waals surface area contributed by atoms with E-state index in [1.165, 1.54) is 18.2 Å². The van der Waals surface area contributed by atoms with E-state index in [0.717, 1.165) is 33.2 Å². The summed E-state index contributed by atoms with van der Waals surface area (Å²) in [6, 6.07) is 8.12. The van der Waals surface area contributed by atoms with Crippen molar-refractivity contribution in [3.63, 3.8) is 0 Å². The van der Waals surface area contributed by atoms with Crippen LogP contribution in [0.5, 0.6) is 0 Å². The number of nitrogens with one attached hydrogen (secondary N) is 2. The first-order valence-corrected chi connectivity index (χ1v) is 22.2. The Morgan fingerprint density at radius 2 is 1.72 bits per heavy atom. The van der Waals surface area contributed by atoms with Gasteiger partial charge in [0.25, 0.3) is 24.3 Å². The number of halogens is 9. The zero-order valence-corrected chi connectivity index (χ0v) is 34.8. The van der Waals surface area contributed by atoms with Crippen molar-refractivity contribution in [2.75, 3.05) is 24.2 Å². The van der Waals surface area contributed by atoms with Gasteiger partial charge in [0.2, 0.25) is 15.9 Å². The molecular formula is C41H35ClF8N8O5S. The normalized spacial score (nSPS) is 18.8. The van der Waals surface area contributed by atoms with E-state index in [0.29, 0.717) is 36.8 Å². The zero-order valence-electron chi connectivity index (χ0n) is 33.3. The number of carbonyl (C=O) groups is 1. The summed E-state index contributed by atoms with van der Waals surface area (Å²) in [5, 5.41) is 9.98. The molecule has 0 bridgehead atoms. The van der Waals surface area contributed by atoms with Crippen molar-refractivity contribution < 1.29 is 53.1 Å². The zero-order chi connectivity index (χ0) is 45.6. The molecule has 0 spiro atoms. The monoisotopic (exact) mass is 938 g/mol. The Bertz CT molecular complexity index is 3030. The van der Waals surface area contributed by atoms with Gasteiger partial charge in [-0.05, 0) is 78.6 Å². The minimum atomic E-state index is -4.11. The Hall–Kier alpha value is -5.61. The van der Waals surface area contributed by atoms with Crippen molar-refractivity contribution in [2.45, 2.75) is 75.4 Å². The molecular weight excluding hydrogens is 904 g/mol. The fourth-order valence-corrected chi connectivity index (χ4v) is 9.79. The van der Waals surface area contributed by atoms with Crippen molar-refractivity contribution >= 4 is 55.2 Å². The van der Waals surface area contributed by atoms with Crippen molar-refractivity contribution in [3.8, 4) is 5.69 Å². The first-order valence-electron chi connectivity index (χ1n) is 19.9. The van der Waals surface area contributed by atoms with Gasteiger partial charge in [-0.2, -0.15) is 19.0 Å². The van der Waals surface area contributed by atoms with Gasteiger partial charge in [-0.1, -0.05) is 17.7 Å². The summed E-state index contributed by atoms with van der Waals surface area (Å²) >= 11 is 6.58. The van der Waals surface area contributed by atoms with Crippen molar-refractivity contribution in [1.82, 2.24) is 34.4 Å². The molecule has 64 heavy (non-hydrogen) atoms. The van der Waals surface area contributed by atoms with Crippen molar-refractivity contribution in [1.29, 1.82) is 0 Å². The van der Waals surface area contributed by atoms with Crippen LogP contribution in [-0.4, -0.2) is 69.3 Å². The molecule has 1 amide bonds. The maximum absolute atomic E-state index is 15.5. The maximum Gasteiger partial charge on any atom is 0.293 e. The lowest BCUT2D eigenvalue weighted by molar-refractivity contribution is -0.123. The number of amides is 1. The van der Waals surface area contributed by atoms with Crippen molar-refractivity contribution in [3.05, 3.63) is 109 Å². The van der Waals surface area contributed by atoms with Gasteiger partial charge in [-0.15, -0.1) is 0 Å². The Labute approximate surface area is 362 Å². The molecule has 0 unspecified atom stereocenters. The second-order valence-corrected chi connectivity index (χ2v) is 18.3. The quantitative estimate of drug-likeness (QED) is 0.112. The van der Waals surface area contributed by atoms with E-state index in [1.807, 2.05) is 0 Å².